The van der Waals surface area contributed by atoms with Gasteiger partial charge in [0.25, 0.3) is 0 Å². The number of amides is 2. The van der Waals surface area contributed by atoms with Crippen LogP contribution in [0.2, 0.25) is 0 Å². The molecule has 1 fully saturated rings. The molecule has 1 saturated heterocycles. The fourth-order valence-electron chi connectivity index (χ4n) is 3.58. The molecule has 0 aromatic heterocycles. The average Bonchev–Trinajstić information content (AvgIpc) is 2.60. The largest absolute Gasteiger partial charge is 0.335 e. The number of nitrogens with zero attached hydrogens (tertiary/aromatic N) is 2. The van der Waals surface area contributed by atoms with Crippen molar-refractivity contribution in [1.82, 2.24) is 15.1 Å². The van der Waals surface area contributed by atoms with Crippen LogP contribution in [0.5, 0.6) is 0 Å². The van der Waals surface area contributed by atoms with Crippen molar-refractivity contribution in [2.45, 2.75) is 39.3 Å². The molecular formula is C20H27N3O2. The van der Waals surface area contributed by atoms with E-state index >= 15 is 0 Å². The van der Waals surface area contributed by atoms with E-state index in [-0.39, 0.29) is 17.9 Å². The van der Waals surface area contributed by atoms with E-state index < -0.39 is 0 Å². The predicted octanol–water partition coefficient (Wildman–Crippen LogP) is 1.86. The maximum absolute atomic E-state index is 12.7. The Balaban J connectivity index is 1.60. The second kappa shape index (κ2) is 7.83. The first kappa shape index (κ1) is 17.7. The summed E-state index contributed by atoms with van der Waals surface area (Å²) in [6.07, 6.45) is 3.46. The average molecular weight is 341 g/mol. The number of hydrogen-bond acceptors (Lipinski definition) is 3. The number of carbonyl (C=O) groups is 2. The van der Waals surface area contributed by atoms with Crippen LogP contribution in [-0.2, 0) is 16.1 Å². The van der Waals surface area contributed by atoms with E-state index in [1.165, 1.54) is 11.1 Å². The summed E-state index contributed by atoms with van der Waals surface area (Å²) in [7, 11) is 0. The highest BCUT2D eigenvalue weighted by Crippen LogP contribution is 2.19. The van der Waals surface area contributed by atoms with Crippen LogP contribution >= 0.6 is 0 Å². The number of rotatable bonds is 4. The van der Waals surface area contributed by atoms with E-state index in [1.807, 2.05) is 24.0 Å². The lowest BCUT2D eigenvalue weighted by Crippen LogP contribution is -2.57. The summed E-state index contributed by atoms with van der Waals surface area (Å²) < 4.78 is 0. The van der Waals surface area contributed by atoms with Gasteiger partial charge >= 0.3 is 0 Å². The topological polar surface area (TPSA) is 52.6 Å². The van der Waals surface area contributed by atoms with Gasteiger partial charge in [-0.3, -0.25) is 9.59 Å². The van der Waals surface area contributed by atoms with Gasteiger partial charge < -0.3 is 15.1 Å². The molecule has 0 saturated carbocycles. The van der Waals surface area contributed by atoms with E-state index in [2.05, 4.69) is 30.4 Å². The van der Waals surface area contributed by atoms with E-state index in [9.17, 15) is 9.59 Å². The zero-order chi connectivity index (χ0) is 17.8. The second-order valence-corrected chi connectivity index (χ2v) is 7.01. The number of benzene rings is 1. The first-order valence-corrected chi connectivity index (χ1v) is 9.07. The highest BCUT2D eigenvalue weighted by Gasteiger charge is 2.34. The molecule has 5 heteroatoms. The highest BCUT2D eigenvalue weighted by atomic mass is 16.2. The van der Waals surface area contributed by atoms with E-state index in [1.54, 1.807) is 4.90 Å². The fraction of sp³-hybridized carbons (Fsp3) is 0.500. The molecule has 1 atom stereocenters. The lowest BCUT2D eigenvalue weighted by Gasteiger charge is -2.39. The van der Waals surface area contributed by atoms with Crippen molar-refractivity contribution >= 4 is 11.8 Å². The van der Waals surface area contributed by atoms with Gasteiger partial charge in [0.2, 0.25) is 11.8 Å². The molecule has 1 aromatic rings. The van der Waals surface area contributed by atoms with Crippen molar-refractivity contribution in [3.05, 3.63) is 47.0 Å². The van der Waals surface area contributed by atoms with Crippen LogP contribution in [-0.4, -0.2) is 53.8 Å². The fourth-order valence-corrected chi connectivity index (χ4v) is 3.58. The van der Waals surface area contributed by atoms with Crippen LogP contribution in [0.1, 0.15) is 30.9 Å². The summed E-state index contributed by atoms with van der Waals surface area (Å²) in [4.78, 5) is 29.0. The summed E-state index contributed by atoms with van der Waals surface area (Å²) in [5.41, 5.74) is 3.52. The Morgan fingerprint density at radius 3 is 2.88 bits per heavy atom. The monoisotopic (exact) mass is 341 g/mol. The van der Waals surface area contributed by atoms with Crippen molar-refractivity contribution in [1.29, 1.82) is 0 Å². The first-order chi connectivity index (χ1) is 12.0. The van der Waals surface area contributed by atoms with Crippen LogP contribution in [0.4, 0.5) is 0 Å². The molecule has 2 aliphatic rings. The van der Waals surface area contributed by atoms with Gasteiger partial charge in [-0.2, -0.15) is 0 Å². The molecule has 25 heavy (non-hydrogen) atoms. The zero-order valence-electron chi connectivity index (χ0n) is 15.1. The third kappa shape index (κ3) is 4.28. The van der Waals surface area contributed by atoms with Gasteiger partial charge in [0, 0.05) is 32.6 Å². The highest BCUT2D eigenvalue weighted by molar-refractivity contribution is 5.89. The van der Waals surface area contributed by atoms with Gasteiger partial charge in [-0.25, -0.2) is 0 Å². The lowest BCUT2D eigenvalue weighted by atomic mass is 10.0. The minimum atomic E-state index is -0.381. The molecule has 2 aliphatic heterocycles. The van der Waals surface area contributed by atoms with E-state index in [0.717, 1.165) is 25.1 Å². The number of carbonyl (C=O) groups excluding carboxylic acids is 2. The number of hydrogen-bond donors (Lipinski definition) is 1. The Bertz CT molecular complexity index is 683. The van der Waals surface area contributed by atoms with Gasteiger partial charge in [-0.05, 0) is 32.4 Å². The molecule has 1 unspecified atom stereocenters. The quantitative estimate of drug-likeness (QED) is 0.851. The van der Waals surface area contributed by atoms with Crippen LogP contribution in [0.25, 0.3) is 0 Å². The Labute approximate surface area is 149 Å². The maximum atomic E-state index is 12.7. The number of aryl methyl sites for hydroxylation is 1. The van der Waals surface area contributed by atoms with Crippen molar-refractivity contribution in [3.63, 3.8) is 0 Å². The van der Waals surface area contributed by atoms with Crippen molar-refractivity contribution in [3.8, 4) is 0 Å². The van der Waals surface area contributed by atoms with Crippen LogP contribution < -0.4 is 5.32 Å². The molecule has 2 amide bonds. The van der Waals surface area contributed by atoms with Crippen LogP contribution in [0, 0.1) is 6.92 Å². The standard InChI is InChI=1S/C20H27N3O2/c1-15-4-3-5-18(12-15)14-22-10-11-23(16(2)20(22)25)19(24)13-17-6-8-21-9-7-17/h3-6,12,16,21H,7-11,13-14H2,1-2H3. The summed E-state index contributed by atoms with van der Waals surface area (Å²) in [6, 6.07) is 7.85. The molecule has 5 nitrogen and oxygen atoms in total. The van der Waals surface area contributed by atoms with Crippen molar-refractivity contribution < 1.29 is 9.59 Å². The molecule has 134 valence electrons. The van der Waals surface area contributed by atoms with Crippen LogP contribution in [0.15, 0.2) is 35.9 Å². The minimum absolute atomic E-state index is 0.0420. The third-order valence-electron chi connectivity index (χ3n) is 5.06. The molecule has 0 bridgehead atoms. The first-order valence-electron chi connectivity index (χ1n) is 9.07. The Morgan fingerprint density at radius 2 is 2.16 bits per heavy atom. The van der Waals surface area contributed by atoms with E-state index in [4.69, 9.17) is 0 Å². The molecule has 0 radical (unpaired) electrons. The Morgan fingerprint density at radius 1 is 1.32 bits per heavy atom. The summed E-state index contributed by atoms with van der Waals surface area (Å²) in [5.74, 6) is 0.115. The lowest BCUT2D eigenvalue weighted by molar-refractivity contribution is -0.150. The Kier molecular flexibility index (Phi) is 5.53. The van der Waals surface area contributed by atoms with Gasteiger partial charge in [-0.1, -0.05) is 41.5 Å². The van der Waals surface area contributed by atoms with Gasteiger partial charge in [-0.15, -0.1) is 0 Å². The molecule has 1 N–H and O–H groups in total. The van der Waals surface area contributed by atoms with Crippen LogP contribution in [0.3, 0.4) is 0 Å². The second-order valence-electron chi connectivity index (χ2n) is 7.01. The van der Waals surface area contributed by atoms with Gasteiger partial charge in [0.1, 0.15) is 6.04 Å². The molecule has 1 aromatic carbocycles. The predicted molar refractivity (Wildman–Crippen MR) is 98.0 cm³/mol. The zero-order valence-corrected chi connectivity index (χ0v) is 15.1. The van der Waals surface area contributed by atoms with Crippen molar-refractivity contribution in [2.75, 3.05) is 26.2 Å². The number of nitrogens with one attached hydrogen (secondary N) is 1. The smallest absolute Gasteiger partial charge is 0.245 e. The van der Waals surface area contributed by atoms with Crippen molar-refractivity contribution in [2.24, 2.45) is 0 Å². The maximum Gasteiger partial charge on any atom is 0.245 e. The molecule has 0 spiro atoms. The molecule has 3 rings (SSSR count). The van der Waals surface area contributed by atoms with Gasteiger partial charge in [0.15, 0.2) is 0 Å². The normalized spacial score (nSPS) is 21.3. The Hall–Kier alpha value is -2.14. The summed E-state index contributed by atoms with van der Waals surface area (Å²) in [5, 5.41) is 3.25. The third-order valence-corrected chi connectivity index (χ3v) is 5.06. The molecule has 2 heterocycles. The van der Waals surface area contributed by atoms with Gasteiger partial charge in [0.05, 0.1) is 0 Å². The molecule has 0 aliphatic carbocycles. The summed E-state index contributed by atoms with van der Waals surface area (Å²) in [6.45, 7) is 7.49. The minimum Gasteiger partial charge on any atom is -0.335 e. The van der Waals surface area contributed by atoms with E-state index in [0.29, 0.717) is 26.1 Å². The number of piperazine rings is 1. The summed E-state index contributed by atoms with van der Waals surface area (Å²) >= 11 is 0. The molecular weight excluding hydrogens is 314 g/mol. The SMILES string of the molecule is Cc1cccc(CN2CCN(C(=O)CC3=CCNCC3)C(C)C2=O)c1.